The summed E-state index contributed by atoms with van der Waals surface area (Å²) in [5, 5.41) is 5.70. The van der Waals surface area contributed by atoms with Crippen LogP contribution in [0.25, 0.3) is 0 Å². The summed E-state index contributed by atoms with van der Waals surface area (Å²) in [6.07, 6.45) is -0.440. The Kier molecular flexibility index (Phi) is 10.3. The van der Waals surface area contributed by atoms with Crippen LogP contribution < -0.4 is 15.4 Å². The molecule has 3 aromatic rings. The number of amides is 2. The van der Waals surface area contributed by atoms with E-state index in [4.69, 9.17) is 25.8 Å². The summed E-state index contributed by atoms with van der Waals surface area (Å²) in [5.74, 6) is -0.703. The molecule has 37 heavy (non-hydrogen) atoms. The average Bonchev–Trinajstić information content (AvgIpc) is 2.92. The van der Waals surface area contributed by atoms with Crippen molar-refractivity contribution in [2.45, 2.75) is 31.5 Å². The molecule has 0 spiro atoms. The Bertz CT molecular complexity index is 1190. The zero-order valence-corrected chi connectivity index (χ0v) is 21.4. The fourth-order valence-electron chi connectivity index (χ4n) is 3.65. The van der Waals surface area contributed by atoms with Crippen molar-refractivity contribution in [3.63, 3.8) is 0 Å². The van der Waals surface area contributed by atoms with Crippen molar-refractivity contribution in [3.8, 4) is 5.75 Å². The van der Waals surface area contributed by atoms with Crippen molar-refractivity contribution >= 4 is 29.6 Å². The molecule has 0 saturated carbocycles. The number of halogens is 1. The van der Waals surface area contributed by atoms with Gasteiger partial charge in [0.05, 0.1) is 19.2 Å². The Balaban J connectivity index is 1.73. The number of esters is 1. The van der Waals surface area contributed by atoms with Crippen molar-refractivity contribution in [1.82, 2.24) is 10.6 Å². The number of ether oxygens (including phenoxy) is 3. The van der Waals surface area contributed by atoms with Gasteiger partial charge in [-0.25, -0.2) is 9.59 Å². The lowest BCUT2D eigenvalue weighted by Gasteiger charge is -2.22. The largest absolute Gasteiger partial charge is 0.495 e. The smallest absolute Gasteiger partial charge is 0.408 e. The maximum atomic E-state index is 13.3. The highest BCUT2D eigenvalue weighted by atomic mass is 35.5. The van der Waals surface area contributed by atoms with Crippen molar-refractivity contribution in [1.29, 1.82) is 0 Å². The van der Waals surface area contributed by atoms with Crippen LogP contribution in [0.3, 0.4) is 0 Å². The minimum absolute atomic E-state index is 0.0510. The van der Waals surface area contributed by atoms with E-state index in [1.54, 1.807) is 18.2 Å². The van der Waals surface area contributed by atoms with E-state index in [9.17, 15) is 14.4 Å². The summed E-state index contributed by atoms with van der Waals surface area (Å²) in [6.45, 7) is 0.0510. The van der Waals surface area contributed by atoms with Gasteiger partial charge in [-0.1, -0.05) is 78.3 Å². The second-order valence-electron chi connectivity index (χ2n) is 8.21. The quantitative estimate of drug-likeness (QED) is 0.366. The van der Waals surface area contributed by atoms with Crippen LogP contribution in [0.15, 0.2) is 78.9 Å². The fraction of sp³-hybridized carbons (Fsp3) is 0.250. The molecule has 8 nitrogen and oxygen atoms in total. The number of methoxy groups -OCH3 is 2. The molecule has 0 aromatic heterocycles. The lowest BCUT2D eigenvalue weighted by molar-refractivity contribution is -0.145. The maximum absolute atomic E-state index is 13.3. The molecule has 2 N–H and O–H groups in total. The van der Waals surface area contributed by atoms with Crippen molar-refractivity contribution in [3.05, 3.63) is 101 Å². The van der Waals surface area contributed by atoms with Gasteiger partial charge < -0.3 is 24.8 Å². The van der Waals surface area contributed by atoms with Crippen LogP contribution in [0.4, 0.5) is 4.79 Å². The summed E-state index contributed by atoms with van der Waals surface area (Å²) in [4.78, 5) is 38.4. The summed E-state index contributed by atoms with van der Waals surface area (Å²) >= 11 is 6.21. The highest BCUT2D eigenvalue weighted by Gasteiger charge is 2.28. The van der Waals surface area contributed by atoms with Crippen LogP contribution in [-0.4, -0.2) is 44.3 Å². The zero-order valence-electron chi connectivity index (χ0n) is 20.6. The Morgan fingerprint density at radius 1 is 0.784 bits per heavy atom. The maximum Gasteiger partial charge on any atom is 0.408 e. The number of benzene rings is 3. The van der Waals surface area contributed by atoms with Crippen LogP contribution in [0, 0.1) is 0 Å². The minimum Gasteiger partial charge on any atom is -0.495 e. The van der Waals surface area contributed by atoms with Gasteiger partial charge in [-0.05, 0) is 28.8 Å². The second kappa shape index (κ2) is 13.9. The molecular weight excluding hydrogens is 496 g/mol. The van der Waals surface area contributed by atoms with Gasteiger partial charge in [0.1, 0.15) is 24.4 Å². The molecule has 0 unspecified atom stereocenters. The van der Waals surface area contributed by atoms with Gasteiger partial charge in [0.2, 0.25) is 5.91 Å². The highest BCUT2D eigenvalue weighted by Crippen LogP contribution is 2.25. The molecule has 3 rings (SSSR count). The summed E-state index contributed by atoms with van der Waals surface area (Å²) in [5.41, 5.74) is 2.32. The topological polar surface area (TPSA) is 103 Å². The first-order valence-corrected chi connectivity index (χ1v) is 12.0. The van der Waals surface area contributed by atoms with Crippen LogP contribution in [0.1, 0.15) is 16.7 Å². The average molecular weight is 525 g/mol. The van der Waals surface area contributed by atoms with Crippen molar-refractivity contribution < 1.29 is 28.6 Å². The second-order valence-corrected chi connectivity index (χ2v) is 8.61. The van der Waals surface area contributed by atoms with Crippen LogP contribution in [0.5, 0.6) is 5.75 Å². The van der Waals surface area contributed by atoms with Crippen LogP contribution in [0.2, 0.25) is 5.02 Å². The van der Waals surface area contributed by atoms with E-state index >= 15 is 0 Å². The van der Waals surface area contributed by atoms with Gasteiger partial charge in [0.25, 0.3) is 0 Å². The lowest BCUT2D eigenvalue weighted by atomic mass is 10.0. The van der Waals surface area contributed by atoms with Crippen LogP contribution >= 0.6 is 11.6 Å². The molecule has 0 saturated heterocycles. The molecule has 0 bridgehead atoms. The number of carbonyl (C=O) groups excluding carboxylic acids is 3. The fourth-order valence-corrected chi connectivity index (χ4v) is 3.93. The summed E-state index contributed by atoms with van der Waals surface area (Å²) < 4.78 is 15.4. The van der Waals surface area contributed by atoms with E-state index < -0.39 is 30.1 Å². The third kappa shape index (κ3) is 8.54. The van der Waals surface area contributed by atoms with E-state index in [0.717, 1.165) is 11.1 Å². The van der Waals surface area contributed by atoms with E-state index in [1.165, 1.54) is 14.2 Å². The SMILES string of the molecule is COC(=O)[C@H](Cc1ccc(OC)c(Cl)c1)NC(=O)[C@H](Cc1ccccc1)NC(=O)OCc1ccccc1. The normalized spacial score (nSPS) is 12.1. The van der Waals surface area contributed by atoms with Gasteiger partial charge in [-0.15, -0.1) is 0 Å². The molecule has 0 aliphatic heterocycles. The number of nitrogens with one attached hydrogen (secondary N) is 2. The third-order valence-electron chi connectivity index (χ3n) is 5.56. The molecule has 0 fully saturated rings. The molecular formula is C28H29ClN2O6. The van der Waals surface area contributed by atoms with Gasteiger partial charge in [-0.3, -0.25) is 4.79 Å². The molecule has 0 heterocycles. The summed E-state index contributed by atoms with van der Waals surface area (Å²) in [6, 6.07) is 21.5. The van der Waals surface area contributed by atoms with E-state index in [1.807, 2.05) is 60.7 Å². The third-order valence-corrected chi connectivity index (χ3v) is 5.86. The Hall–Kier alpha value is -4.04. The molecule has 2 amide bonds. The monoisotopic (exact) mass is 524 g/mol. The first kappa shape index (κ1) is 27.5. The molecule has 0 radical (unpaired) electrons. The number of alkyl carbamates (subject to hydrolysis) is 1. The van der Waals surface area contributed by atoms with Crippen molar-refractivity contribution in [2.75, 3.05) is 14.2 Å². The highest BCUT2D eigenvalue weighted by molar-refractivity contribution is 6.32. The van der Waals surface area contributed by atoms with Crippen molar-refractivity contribution in [2.24, 2.45) is 0 Å². The van der Waals surface area contributed by atoms with Crippen LogP contribution in [-0.2, 0) is 38.5 Å². The predicted octanol–water partition coefficient (Wildman–Crippen LogP) is 4.09. The van der Waals surface area contributed by atoms with E-state index in [2.05, 4.69) is 10.6 Å². The first-order chi connectivity index (χ1) is 17.9. The van der Waals surface area contributed by atoms with Gasteiger partial charge in [0.15, 0.2) is 0 Å². The molecule has 2 atom stereocenters. The number of hydrogen-bond acceptors (Lipinski definition) is 6. The predicted molar refractivity (Wildman–Crippen MR) is 139 cm³/mol. The lowest BCUT2D eigenvalue weighted by Crippen LogP contribution is -2.53. The molecule has 9 heteroatoms. The number of carbonyl (C=O) groups is 3. The van der Waals surface area contributed by atoms with Gasteiger partial charge in [0, 0.05) is 12.8 Å². The van der Waals surface area contributed by atoms with E-state index in [-0.39, 0.29) is 19.4 Å². The van der Waals surface area contributed by atoms with Gasteiger partial charge >= 0.3 is 12.1 Å². The molecule has 0 aliphatic carbocycles. The Labute approximate surface area is 220 Å². The zero-order chi connectivity index (χ0) is 26.6. The molecule has 3 aromatic carbocycles. The Morgan fingerprint density at radius 3 is 2.00 bits per heavy atom. The Morgan fingerprint density at radius 2 is 1.41 bits per heavy atom. The summed E-state index contributed by atoms with van der Waals surface area (Å²) in [7, 11) is 2.74. The standard InChI is InChI=1S/C28H29ClN2O6/c1-35-25-14-13-21(15-22(25)29)17-24(27(33)36-2)30-26(32)23(16-19-9-5-3-6-10-19)31-28(34)37-18-20-11-7-4-8-12-20/h3-15,23-24H,16-18H2,1-2H3,(H,30,32)(H,31,34)/t23-,24-/m0/s1. The first-order valence-electron chi connectivity index (χ1n) is 11.6. The molecule has 0 aliphatic rings. The van der Waals surface area contributed by atoms with E-state index in [0.29, 0.717) is 16.3 Å². The molecule has 194 valence electrons. The van der Waals surface area contributed by atoms with Gasteiger partial charge in [-0.2, -0.15) is 0 Å². The number of hydrogen-bond donors (Lipinski definition) is 2. The number of rotatable bonds is 11. The minimum atomic E-state index is -1.01.